The molecular formula is C19H32IN3O. The summed E-state index contributed by atoms with van der Waals surface area (Å²) < 4.78 is 5.47. The lowest BCUT2D eigenvalue weighted by molar-refractivity contribution is 0.181. The van der Waals surface area contributed by atoms with Crippen LogP contribution in [0.4, 0.5) is 0 Å². The third-order valence-corrected chi connectivity index (χ3v) is 4.20. The third-order valence-electron chi connectivity index (χ3n) is 4.20. The number of ether oxygens (including phenoxy) is 1. The number of hydrogen-bond donors (Lipinski definition) is 1. The van der Waals surface area contributed by atoms with Gasteiger partial charge in [0.15, 0.2) is 5.96 Å². The molecule has 0 bridgehead atoms. The topological polar surface area (TPSA) is 36.9 Å². The van der Waals surface area contributed by atoms with E-state index >= 15 is 0 Å². The molecule has 5 heteroatoms. The predicted molar refractivity (Wildman–Crippen MR) is 113 cm³/mol. The van der Waals surface area contributed by atoms with Crippen molar-refractivity contribution in [2.45, 2.75) is 33.6 Å². The Morgan fingerprint density at radius 2 is 2.00 bits per heavy atom. The van der Waals surface area contributed by atoms with Crippen LogP contribution in [0, 0.1) is 19.8 Å². The van der Waals surface area contributed by atoms with Crippen LogP contribution in [-0.4, -0.2) is 50.8 Å². The van der Waals surface area contributed by atoms with Crippen LogP contribution in [0.3, 0.4) is 0 Å². The van der Waals surface area contributed by atoms with Gasteiger partial charge in [0.2, 0.25) is 0 Å². The van der Waals surface area contributed by atoms with Crippen molar-refractivity contribution in [3.63, 3.8) is 0 Å². The van der Waals surface area contributed by atoms with Crippen LogP contribution in [0.2, 0.25) is 0 Å². The molecule has 0 aromatic heterocycles. The summed E-state index contributed by atoms with van der Waals surface area (Å²) in [6, 6.07) is 6.73. The summed E-state index contributed by atoms with van der Waals surface area (Å²) >= 11 is 0. The predicted octanol–water partition coefficient (Wildman–Crippen LogP) is 3.40. The zero-order valence-corrected chi connectivity index (χ0v) is 17.8. The molecule has 1 aromatic rings. The van der Waals surface area contributed by atoms with E-state index in [0.717, 1.165) is 51.6 Å². The van der Waals surface area contributed by atoms with Gasteiger partial charge in [-0.2, -0.15) is 0 Å². The maximum Gasteiger partial charge on any atom is 0.193 e. The minimum atomic E-state index is 0. The van der Waals surface area contributed by atoms with Gasteiger partial charge >= 0.3 is 0 Å². The van der Waals surface area contributed by atoms with Crippen LogP contribution in [0.1, 0.15) is 30.0 Å². The zero-order valence-electron chi connectivity index (χ0n) is 15.5. The molecule has 1 atom stereocenters. The van der Waals surface area contributed by atoms with Crippen LogP contribution < -0.4 is 5.32 Å². The first-order valence-electron chi connectivity index (χ1n) is 8.73. The van der Waals surface area contributed by atoms with Gasteiger partial charge in [0.05, 0.1) is 6.61 Å². The van der Waals surface area contributed by atoms with Crippen LogP contribution in [-0.2, 0) is 11.2 Å². The average Bonchev–Trinajstić information content (AvgIpc) is 2.98. The molecule has 1 aliphatic heterocycles. The first-order valence-corrected chi connectivity index (χ1v) is 8.73. The molecule has 2 rings (SSSR count). The fourth-order valence-electron chi connectivity index (χ4n) is 3.18. The Balaban J connectivity index is 0.00000288. The Bertz CT molecular complexity index is 507. The Morgan fingerprint density at radius 3 is 2.58 bits per heavy atom. The molecule has 0 saturated carbocycles. The van der Waals surface area contributed by atoms with Crippen molar-refractivity contribution in [1.29, 1.82) is 0 Å². The van der Waals surface area contributed by atoms with Crippen molar-refractivity contribution in [2.24, 2.45) is 10.9 Å². The summed E-state index contributed by atoms with van der Waals surface area (Å²) in [5.41, 5.74) is 4.03. The monoisotopic (exact) mass is 445 g/mol. The molecule has 1 heterocycles. The number of guanidine groups is 1. The van der Waals surface area contributed by atoms with Crippen LogP contribution in [0.15, 0.2) is 23.2 Å². The van der Waals surface area contributed by atoms with Gasteiger partial charge in [0.25, 0.3) is 0 Å². The highest BCUT2D eigenvalue weighted by atomic mass is 127. The molecular weight excluding hydrogens is 413 g/mol. The van der Waals surface area contributed by atoms with Crippen molar-refractivity contribution in [3.8, 4) is 0 Å². The SMILES string of the molecule is CCNC(=NCCc1cc(C)cc(C)c1)N(C)CC1CCOC1.I. The molecule has 1 aliphatic rings. The normalized spacial score (nSPS) is 17.5. The van der Waals surface area contributed by atoms with Gasteiger partial charge < -0.3 is 15.0 Å². The fraction of sp³-hybridized carbons (Fsp3) is 0.632. The lowest BCUT2D eigenvalue weighted by Gasteiger charge is -2.24. The molecule has 0 amide bonds. The first-order chi connectivity index (χ1) is 11.1. The summed E-state index contributed by atoms with van der Waals surface area (Å²) in [6.07, 6.45) is 2.14. The molecule has 0 aliphatic carbocycles. The molecule has 136 valence electrons. The molecule has 4 nitrogen and oxygen atoms in total. The van der Waals surface area contributed by atoms with Crippen molar-refractivity contribution in [2.75, 3.05) is 39.9 Å². The number of halogens is 1. The van der Waals surface area contributed by atoms with Crippen LogP contribution >= 0.6 is 24.0 Å². The summed E-state index contributed by atoms with van der Waals surface area (Å²) in [4.78, 5) is 7.04. The van der Waals surface area contributed by atoms with Crippen molar-refractivity contribution in [3.05, 3.63) is 34.9 Å². The number of nitrogens with zero attached hydrogens (tertiary/aromatic N) is 2. The van der Waals surface area contributed by atoms with Crippen molar-refractivity contribution >= 4 is 29.9 Å². The van der Waals surface area contributed by atoms with Gasteiger partial charge in [-0.25, -0.2) is 0 Å². The third kappa shape index (κ3) is 6.97. The van der Waals surface area contributed by atoms with E-state index in [1.807, 2.05) is 0 Å². The molecule has 24 heavy (non-hydrogen) atoms. The zero-order chi connectivity index (χ0) is 16.7. The molecule has 1 N–H and O–H groups in total. The molecule has 1 aromatic carbocycles. The lowest BCUT2D eigenvalue weighted by Crippen LogP contribution is -2.41. The Hall–Kier alpha value is -0.820. The van der Waals surface area contributed by atoms with Gasteiger partial charge in [-0.3, -0.25) is 4.99 Å². The quantitative estimate of drug-likeness (QED) is 0.415. The number of benzene rings is 1. The first kappa shape index (κ1) is 21.2. The molecule has 1 fully saturated rings. The van der Waals surface area contributed by atoms with E-state index in [4.69, 9.17) is 9.73 Å². The van der Waals surface area contributed by atoms with E-state index in [9.17, 15) is 0 Å². The minimum Gasteiger partial charge on any atom is -0.381 e. The number of hydrogen-bond acceptors (Lipinski definition) is 2. The number of aliphatic imine (C=N–C) groups is 1. The maximum atomic E-state index is 5.47. The number of aryl methyl sites for hydroxylation is 2. The molecule has 1 unspecified atom stereocenters. The van der Waals surface area contributed by atoms with Crippen molar-refractivity contribution in [1.82, 2.24) is 10.2 Å². The minimum absolute atomic E-state index is 0. The van der Waals surface area contributed by atoms with Crippen molar-refractivity contribution < 1.29 is 4.74 Å². The highest BCUT2D eigenvalue weighted by molar-refractivity contribution is 14.0. The van der Waals surface area contributed by atoms with E-state index in [1.165, 1.54) is 16.7 Å². The van der Waals surface area contributed by atoms with Gasteiger partial charge in [-0.15, -0.1) is 24.0 Å². The maximum absolute atomic E-state index is 5.47. The standard InChI is InChI=1S/C19H31N3O.HI/c1-5-20-19(22(4)13-18-7-9-23-14-18)21-8-6-17-11-15(2)10-16(3)12-17;/h10-12,18H,5-9,13-14H2,1-4H3,(H,20,21);1H. The number of nitrogens with one attached hydrogen (secondary N) is 1. The summed E-state index contributed by atoms with van der Waals surface area (Å²) in [6.45, 7) is 10.9. The van der Waals surface area contributed by atoms with E-state index in [0.29, 0.717) is 5.92 Å². The summed E-state index contributed by atoms with van der Waals surface area (Å²) in [5.74, 6) is 1.63. The lowest BCUT2D eigenvalue weighted by atomic mass is 10.1. The van der Waals surface area contributed by atoms with Gasteiger partial charge in [-0.05, 0) is 39.2 Å². The largest absolute Gasteiger partial charge is 0.381 e. The summed E-state index contributed by atoms with van der Waals surface area (Å²) in [7, 11) is 2.12. The highest BCUT2D eigenvalue weighted by Gasteiger charge is 2.18. The second-order valence-corrected chi connectivity index (χ2v) is 6.59. The number of rotatable bonds is 6. The summed E-state index contributed by atoms with van der Waals surface area (Å²) in [5, 5.41) is 3.40. The smallest absolute Gasteiger partial charge is 0.193 e. The Labute approximate surface area is 164 Å². The van der Waals surface area contributed by atoms with Gasteiger partial charge in [-0.1, -0.05) is 29.3 Å². The van der Waals surface area contributed by atoms with E-state index in [1.54, 1.807) is 0 Å². The fourth-order valence-corrected chi connectivity index (χ4v) is 3.18. The van der Waals surface area contributed by atoms with E-state index in [2.05, 4.69) is 56.2 Å². The molecule has 0 spiro atoms. The Kier molecular flexibility index (Phi) is 9.66. The molecule has 0 radical (unpaired) electrons. The van der Waals surface area contributed by atoms with Crippen LogP contribution in [0.5, 0.6) is 0 Å². The highest BCUT2D eigenvalue weighted by Crippen LogP contribution is 2.13. The van der Waals surface area contributed by atoms with E-state index < -0.39 is 0 Å². The van der Waals surface area contributed by atoms with Crippen LogP contribution in [0.25, 0.3) is 0 Å². The second kappa shape index (κ2) is 10.9. The van der Waals surface area contributed by atoms with Gasteiger partial charge in [0.1, 0.15) is 0 Å². The van der Waals surface area contributed by atoms with Gasteiger partial charge in [0, 0.05) is 39.2 Å². The second-order valence-electron chi connectivity index (χ2n) is 6.59. The van der Waals surface area contributed by atoms with E-state index in [-0.39, 0.29) is 24.0 Å². The Morgan fingerprint density at radius 1 is 1.29 bits per heavy atom. The molecule has 1 saturated heterocycles. The average molecular weight is 445 g/mol.